The molecule has 3 N–H and O–H groups in total. The van der Waals surface area contributed by atoms with Gasteiger partial charge in [-0.1, -0.05) is 31.7 Å². The zero-order valence-electron chi connectivity index (χ0n) is 18.7. The van der Waals surface area contributed by atoms with Crippen LogP contribution in [0.15, 0.2) is 23.4 Å². The van der Waals surface area contributed by atoms with Gasteiger partial charge in [0.15, 0.2) is 16.7 Å². The van der Waals surface area contributed by atoms with Gasteiger partial charge in [0.05, 0.1) is 30.4 Å². The van der Waals surface area contributed by atoms with Crippen molar-refractivity contribution in [2.45, 2.75) is 45.3 Å². The second-order valence-electron chi connectivity index (χ2n) is 8.19. The number of aryl methyl sites for hydroxylation is 2. The summed E-state index contributed by atoms with van der Waals surface area (Å²) in [5.41, 5.74) is 8.27. The van der Waals surface area contributed by atoms with E-state index >= 15 is 0 Å². The molecule has 3 aromatic rings. The smallest absolute Gasteiger partial charge is 0.230 e. The first kappa shape index (κ1) is 22.7. The molecule has 0 bridgehead atoms. The van der Waals surface area contributed by atoms with Crippen LogP contribution in [0.1, 0.15) is 42.3 Å². The number of ether oxygens (including phenoxy) is 2. The Hall–Kier alpha value is -2.52. The maximum atomic E-state index is 12.8. The molecule has 3 heterocycles. The molecule has 4 rings (SSSR count). The van der Waals surface area contributed by atoms with Crippen molar-refractivity contribution in [2.24, 2.45) is 5.92 Å². The summed E-state index contributed by atoms with van der Waals surface area (Å²) in [5, 5.41) is 4.58. The normalized spacial score (nSPS) is 14.4. The number of anilines is 1. The molecule has 2 aromatic heterocycles. The van der Waals surface area contributed by atoms with Crippen molar-refractivity contribution in [1.82, 2.24) is 15.3 Å². The Labute approximate surface area is 196 Å². The van der Waals surface area contributed by atoms with E-state index < -0.39 is 0 Å². The van der Waals surface area contributed by atoms with Crippen LogP contribution < -0.4 is 20.5 Å². The first-order chi connectivity index (χ1) is 15.3. The molecule has 1 aromatic carbocycles. The third-order valence-corrected chi connectivity index (χ3v) is 7.43. The summed E-state index contributed by atoms with van der Waals surface area (Å²) in [7, 11) is 0. The summed E-state index contributed by atoms with van der Waals surface area (Å²) in [5.74, 6) is 2.28. The third kappa shape index (κ3) is 4.78. The number of aromatic nitrogens is 2. The van der Waals surface area contributed by atoms with Crippen molar-refractivity contribution in [3.8, 4) is 11.5 Å². The van der Waals surface area contributed by atoms with Crippen LogP contribution in [0.4, 0.5) is 5.82 Å². The lowest BCUT2D eigenvalue weighted by Crippen LogP contribution is -2.33. The Morgan fingerprint density at radius 3 is 2.72 bits per heavy atom. The molecular weight excluding hydrogens is 444 g/mol. The number of rotatable bonds is 6. The van der Waals surface area contributed by atoms with Gasteiger partial charge < -0.3 is 20.5 Å². The van der Waals surface area contributed by atoms with Crippen molar-refractivity contribution in [3.05, 3.63) is 34.2 Å². The van der Waals surface area contributed by atoms with Gasteiger partial charge in [0, 0.05) is 11.3 Å². The topological polar surface area (TPSA) is 99.4 Å². The maximum absolute atomic E-state index is 12.8. The van der Waals surface area contributed by atoms with E-state index in [9.17, 15) is 4.79 Å². The van der Waals surface area contributed by atoms with Gasteiger partial charge in [-0.05, 0) is 43.0 Å². The van der Waals surface area contributed by atoms with Crippen LogP contribution in [0.5, 0.6) is 11.5 Å². The van der Waals surface area contributed by atoms with Gasteiger partial charge >= 0.3 is 0 Å². The number of nitrogens with one attached hydrogen (secondary N) is 1. The minimum Gasteiger partial charge on any atom is -0.490 e. The molecule has 170 valence electrons. The number of thioether (sulfide) groups is 1. The van der Waals surface area contributed by atoms with Crippen LogP contribution in [0.3, 0.4) is 0 Å². The number of carbonyl (C=O) groups is 1. The third-order valence-electron chi connectivity index (χ3n) is 5.48. The molecular formula is C23H28N4O3S2. The van der Waals surface area contributed by atoms with Gasteiger partial charge in [-0.2, -0.15) is 0 Å². The minimum atomic E-state index is -0.142. The van der Waals surface area contributed by atoms with Gasteiger partial charge in [-0.15, -0.1) is 11.3 Å². The summed E-state index contributed by atoms with van der Waals surface area (Å²) < 4.78 is 11.5. The van der Waals surface area contributed by atoms with Crippen molar-refractivity contribution in [3.63, 3.8) is 0 Å². The second kappa shape index (κ2) is 9.54. The zero-order chi connectivity index (χ0) is 22.8. The minimum absolute atomic E-state index is 0.0818. The molecule has 1 amide bonds. The Balaban J connectivity index is 1.45. The van der Waals surface area contributed by atoms with Crippen LogP contribution in [0, 0.1) is 19.8 Å². The molecule has 1 aliphatic heterocycles. The molecule has 0 saturated heterocycles. The first-order valence-electron chi connectivity index (χ1n) is 10.7. The molecule has 7 nitrogen and oxygen atoms in total. The van der Waals surface area contributed by atoms with E-state index in [2.05, 4.69) is 29.1 Å². The van der Waals surface area contributed by atoms with E-state index in [0.717, 1.165) is 39.3 Å². The Bertz CT molecular complexity index is 1150. The van der Waals surface area contributed by atoms with E-state index in [1.54, 1.807) is 11.3 Å². The number of hydrogen-bond acceptors (Lipinski definition) is 8. The number of hydrogen-bond donors (Lipinski definition) is 2. The van der Waals surface area contributed by atoms with Crippen LogP contribution >= 0.6 is 23.1 Å². The summed E-state index contributed by atoms with van der Waals surface area (Å²) >= 11 is 2.89. The van der Waals surface area contributed by atoms with E-state index in [4.69, 9.17) is 15.2 Å². The van der Waals surface area contributed by atoms with Crippen molar-refractivity contribution >= 4 is 45.0 Å². The number of benzene rings is 1. The van der Waals surface area contributed by atoms with Crippen LogP contribution in [0.2, 0.25) is 0 Å². The Kier molecular flexibility index (Phi) is 6.76. The number of carbonyl (C=O) groups excluding carboxylic acids is 1. The first-order valence-corrected chi connectivity index (χ1v) is 12.5. The van der Waals surface area contributed by atoms with Crippen molar-refractivity contribution in [1.29, 1.82) is 0 Å². The molecule has 1 unspecified atom stereocenters. The number of thiophene rings is 1. The lowest BCUT2D eigenvalue weighted by Gasteiger charge is -2.23. The number of nitrogens with zero attached hydrogens (tertiary/aromatic N) is 2. The van der Waals surface area contributed by atoms with Gasteiger partial charge in [0.1, 0.15) is 10.6 Å². The Morgan fingerprint density at radius 2 is 1.97 bits per heavy atom. The quantitative estimate of drug-likeness (QED) is 0.398. The number of amides is 1. The monoisotopic (exact) mass is 472 g/mol. The molecule has 9 heteroatoms. The summed E-state index contributed by atoms with van der Waals surface area (Å²) in [6, 6.07) is 5.74. The number of nitrogens with two attached hydrogens (primary N) is 1. The highest BCUT2D eigenvalue weighted by Gasteiger charge is 2.22. The predicted octanol–water partition coefficient (Wildman–Crippen LogP) is 4.66. The fourth-order valence-electron chi connectivity index (χ4n) is 3.68. The van der Waals surface area contributed by atoms with Crippen molar-refractivity contribution in [2.75, 3.05) is 24.7 Å². The molecule has 0 radical (unpaired) electrons. The van der Waals surface area contributed by atoms with Gasteiger partial charge in [0.25, 0.3) is 0 Å². The van der Waals surface area contributed by atoms with E-state index in [1.165, 1.54) is 16.6 Å². The van der Waals surface area contributed by atoms with Gasteiger partial charge in [-0.25, -0.2) is 9.97 Å². The molecule has 0 fully saturated rings. The molecule has 32 heavy (non-hydrogen) atoms. The zero-order valence-corrected chi connectivity index (χ0v) is 20.4. The predicted molar refractivity (Wildman–Crippen MR) is 130 cm³/mol. The number of fused-ring (bicyclic) bond motifs is 2. The summed E-state index contributed by atoms with van der Waals surface area (Å²) in [4.78, 5) is 23.8. The van der Waals surface area contributed by atoms with Gasteiger partial charge in [0.2, 0.25) is 5.91 Å². The summed E-state index contributed by atoms with van der Waals surface area (Å²) in [6.45, 7) is 9.52. The molecule has 0 spiro atoms. The van der Waals surface area contributed by atoms with E-state index in [-0.39, 0.29) is 23.6 Å². The lowest BCUT2D eigenvalue weighted by atomic mass is 9.95. The average Bonchev–Trinajstić information content (AvgIpc) is 2.91. The second-order valence-corrected chi connectivity index (χ2v) is 10.3. The van der Waals surface area contributed by atoms with Crippen LogP contribution in [-0.2, 0) is 4.79 Å². The van der Waals surface area contributed by atoms with Crippen molar-refractivity contribution < 1.29 is 14.3 Å². The van der Waals surface area contributed by atoms with E-state index in [1.807, 2.05) is 32.0 Å². The maximum Gasteiger partial charge on any atom is 0.230 e. The highest BCUT2D eigenvalue weighted by Crippen LogP contribution is 2.35. The molecule has 1 aliphatic rings. The average molecular weight is 473 g/mol. The highest BCUT2D eigenvalue weighted by molar-refractivity contribution is 7.99. The largest absolute Gasteiger partial charge is 0.490 e. The lowest BCUT2D eigenvalue weighted by molar-refractivity contribution is -0.119. The van der Waals surface area contributed by atoms with Gasteiger partial charge in [-0.3, -0.25) is 4.79 Å². The fraction of sp³-hybridized carbons (Fsp3) is 0.435. The van der Waals surface area contributed by atoms with Crippen LogP contribution in [-0.4, -0.2) is 34.8 Å². The molecule has 1 atom stereocenters. The molecule has 0 aliphatic carbocycles. The highest BCUT2D eigenvalue weighted by atomic mass is 32.2. The van der Waals surface area contributed by atoms with Crippen LogP contribution in [0.25, 0.3) is 10.2 Å². The summed E-state index contributed by atoms with van der Waals surface area (Å²) in [6.07, 6.45) is 0.856. The standard InChI is InChI=1S/C23H28N4O3S2/c1-12(2)20(15-6-7-16-17(10-15)30-9-5-8-29-16)25-18(28)11-31-23-26-21(24)19-13(3)14(4)32-22(19)27-23/h6-7,10,12,20H,5,8-9,11H2,1-4H3,(H,25,28)(H2,24,26,27). The Morgan fingerprint density at radius 1 is 1.22 bits per heavy atom. The fourth-order valence-corrected chi connectivity index (χ4v) is 5.44. The SMILES string of the molecule is Cc1sc2nc(SCC(=O)NC(c3ccc4c(c3)OCCCO4)C(C)C)nc(N)c2c1C. The van der Waals surface area contributed by atoms with E-state index in [0.29, 0.717) is 24.2 Å². The number of nitrogen functional groups attached to an aromatic ring is 1. The molecule has 0 saturated carbocycles.